The van der Waals surface area contributed by atoms with Crippen LogP contribution in [0.15, 0.2) is 24.4 Å². The summed E-state index contributed by atoms with van der Waals surface area (Å²) in [6.07, 6.45) is 13.9. The number of methoxy groups -OCH3 is 1. The summed E-state index contributed by atoms with van der Waals surface area (Å²) in [7, 11) is 3.35. The molecule has 3 amide bonds. The van der Waals surface area contributed by atoms with E-state index in [1.807, 2.05) is 27.7 Å². The Hall–Kier alpha value is -4.61. The van der Waals surface area contributed by atoms with Crippen LogP contribution in [0.2, 0.25) is 0 Å². The number of likely N-dealkylation sites (tertiary alicyclic amines) is 1. The molecule has 2 N–H and O–H groups in total. The lowest BCUT2D eigenvalue weighted by Crippen LogP contribution is -2.59. The average Bonchev–Trinajstić information content (AvgIpc) is 3.66. The Morgan fingerprint density at radius 3 is 2.54 bits per heavy atom. The van der Waals surface area contributed by atoms with E-state index in [4.69, 9.17) is 25.6 Å². The lowest BCUT2D eigenvalue weighted by atomic mass is 10.0. The first kappa shape index (κ1) is 40.6. The number of aromatic nitrogens is 2. The quantitative estimate of drug-likeness (QED) is 0.163. The van der Waals surface area contributed by atoms with Crippen LogP contribution in [0.3, 0.4) is 0 Å². The first-order valence-electron chi connectivity index (χ1n) is 19.3. The summed E-state index contributed by atoms with van der Waals surface area (Å²) in [5.41, 5.74) is 1.28. The number of benzene rings is 1. The number of nitrogens with one attached hydrogen (secondary N) is 2. The number of carbonyl (C=O) groups excluding carboxylic acids is 3. The fourth-order valence-corrected chi connectivity index (χ4v) is 7.28. The first-order valence-corrected chi connectivity index (χ1v) is 19.3. The van der Waals surface area contributed by atoms with E-state index in [1.54, 1.807) is 48.4 Å². The van der Waals surface area contributed by atoms with Crippen molar-refractivity contribution in [3.05, 3.63) is 30.0 Å². The highest BCUT2D eigenvalue weighted by Gasteiger charge is 2.41. The minimum Gasteiger partial charge on any atom is -0.495 e. The van der Waals surface area contributed by atoms with Crippen molar-refractivity contribution in [2.45, 2.75) is 103 Å². The number of terminal acetylenes is 1. The topological polar surface area (TPSA) is 142 Å². The standard InChI is InChI=1S/C40H58N8O6/c1-8-10-20-47(39(51)54-40(3,4)5)21-14-23-53-22-13-19-46-26-29(27-46)42-36(49)28-17-18-31(34(24-28)52-7)43-38-41-25-33-35(44-38)48(30-15-11-12-16-30)32(9-2)37(50)45(33)6/h1,17-18,24-25,29-30,32H,9-16,19-23,26-27H2,2-7H3,(H,42,49)(H,41,43,44)/t32-/m1/s1. The van der Waals surface area contributed by atoms with Crippen molar-refractivity contribution in [2.75, 3.05) is 75.2 Å². The van der Waals surface area contributed by atoms with Crippen LogP contribution in [-0.4, -0.2) is 121 Å². The van der Waals surface area contributed by atoms with Gasteiger partial charge in [-0.3, -0.25) is 14.5 Å². The average molecular weight is 747 g/mol. The van der Waals surface area contributed by atoms with Crippen LogP contribution in [0.25, 0.3) is 0 Å². The highest BCUT2D eigenvalue weighted by atomic mass is 16.6. The lowest BCUT2D eigenvalue weighted by Gasteiger charge is -2.43. The van der Waals surface area contributed by atoms with E-state index in [0.29, 0.717) is 74.2 Å². The van der Waals surface area contributed by atoms with Crippen molar-refractivity contribution in [2.24, 2.45) is 0 Å². The van der Waals surface area contributed by atoms with Gasteiger partial charge in [-0.1, -0.05) is 19.8 Å². The third kappa shape index (κ3) is 10.3. The number of ether oxygens (including phenoxy) is 3. The van der Waals surface area contributed by atoms with Gasteiger partial charge in [-0.05, 0) is 71.1 Å². The van der Waals surface area contributed by atoms with Gasteiger partial charge in [0.15, 0.2) is 5.82 Å². The molecule has 1 saturated carbocycles. The van der Waals surface area contributed by atoms with Crippen molar-refractivity contribution in [3.63, 3.8) is 0 Å². The molecule has 14 heteroatoms. The molecule has 2 fully saturated rings. The minimum absolute atomic E-state index is 0.0627. The molecule has 54 heavy (non-hydrogen) atoms. The van der Waals surface area contributed by atoms with Gasteiger partial charge < -0.3 is 39.5 Å². The maximum Gasteiger partial charge on any atom is 0.410 e. The summed E-state index contributed by atoms with van der Waals surface area (Å²) in [4.78, 5) is 56.2. The van der Waals surface area contributed by atoms with E-state index in [2.05, 4.69) is 31.3 Å². The van der Waals surface area contributed by atoms with E-state index >= 15 is 0 Å². The van der Waals surface area contributed by atoms with Gasteiger partial charge in [-0.15, -0.1) is 12.3 Å². The number of hydrogen-bond acceptors (Lipinski definition) is 11. The molecule has 14 nitrogen and oxygen atoms in total. The monoisotopic (exact) mass is 746 g/mol. The SMILES string of the molecule is C#CCCN(CCCOCCCN1CC(NC(=O)c2ccc(Nc3ncc4c(n3)N(C3CCCC3)[C@H](CC)C(=O)N4C)c(OC)c2)C1)C(=O)OC(C)(C)C. The Morgan fingerprint density at radius 1 is 1.11 bits per heavy atom. The molecule has 1 aliphatic carbocycles. The Labute approximate surface area is 320 Å². The molecule has 0 bridgehead atoms. The van der Waals surface area contributed by atoms with Crippen molar-refractivity contribution in [1.82, 2.24) is 25.1 Å². The van der Waals surface area contributed by atoms with Crippen LogP contribution >= 0.6 is 0 Å². The van der Waals surface area contributed by atoms with Crippen LogP contribution in [0.4, 0.5) is 27.9 Å². The molecular formula is C40H58N8O6. The molecule has 2 aliphatic heterocycles. The van der Waals surface area contributed by atoms with E-state index < -0.39 is 5.60 Å². The largest absolute Gasteiger partial charge is 0.495 e. The molecule has 3 heterocycles. The molecule has 0 unspecified atom stereocenters. The van der Waals surface area contributed by atoms with Gasteiger partial charge in [0, 0.05) is 71.0 Å². The highest BCUT2D eigenvalue weighted by Crippen LogP contribution is 2.40. The molecule has 294 valence electrons. The number of hydrogen-bond donors (Lipinski definition) is 2. The van der Waals surface area contributed by atoms with Gasteiger partial charge in [0.25, 0.3) is 5.91 Å². The van der Waals surface area contributed by atoms with Crippen LogP contribution in [0.1, 0.15) is 89.4 Å². The highest BCUT2D eigenvalue weighted by molar-refractivity contribution is 6.04. The number of anilines is 4. The Balaban J connectivity index is 1.06. The zero-order valence-electron chi connectivity index (χ0n) is 32.9. The number of carbonyl (C=O) groups is 3. The van der Waals surface area contributed by atoms with Gasteiger partial charge in [-0.2, -0.15) is 4.98 Å². The Kier molecular flexibility index (Phi) is 14.0. The number of nitrogens with zero attached hydrogens (tertiary/aromatic N) is 6. The van der Waals surface area contributed by atoms with E-state index in [-0.39, 0.29) is 36.0 Å². The van der Waals surface area contributed by atoms with Gasteiger partial charge in [0.2, 0.25) is 11.9 Å². The molecule has 5 rings (SSSR count). The van der Waals surface area contributed by atoms with E-state index in [1.165, 1.54) is 0 Å². The third-order valence-electron chi connectivity index (χ3n) is 10.1. The Bertz CT molecular complexity index is 1650. The molecule has 1 aromatic carbocycles. The van der Waals surface area contributed by atoms with Gasteiger partial charge in [0.1, 0.15) is 23.1 Å². The molecule has 1 aromatic heterocycles. The maximum absolute atomic E-state index is 13.2. The smallest absolute Gasteiger partial charge is 0.410 e. The number of amides is 3. The van der Waals surface area contributed by atoms with Gasteiger partial charge >= 0.3 is 6.09 Å². The molecule has 2 aromatic rings. The number of likely N-dealkylation sites (N-methyl/N-ethyl adjacent to an activating group) is 1. The second-order valence-electron chi connectivity index (χ2n) is 15.3. The zero-order valence-corrected chi connectivity index (χ0v) is 32.9. The zero-order chi connectivity index (χ0) is 38.8. The second kappa shape index (κ2) is 18.6. The summed E-state index contributed by atoms with van der Waals surface area (Å²) >= 11 is 0. The summed E-state index contributed by atoms with van der Waals surface area (Å²) in [5.74, 6) is 4.15. The molecule has 3 aliphatic rings. The van der Waals surface area contributed by atoms with Crippen molar-refractivity contribution in [1.29, 1.82) is 0 Å². The maximum atomic E-state index is 13.2. The summed E-state index contributed by atoms with van der Waals surface area (Å²) < 4.78 is 17.0. The molecular weight excluding hydrogens is 688 g/mol. The van der Waals surface area contributed by atoms with Crippen molar-refractivity contribution in [3.8, 4) is 18.1 Å². The van der Waals surface area contributed by atoms with Crippen molar-refractivity contribution >= 4 is 41.0 Å². The van der Waals surface area contributed by atoms with E-state index in [0.717, 1.165) is 57.6 Å². The van der Waals surface area contributed by atoms with Crippen molar-refractivity contribution < 1.29 is 28.6 Å². The van der Waals surface area contributed by atoms with Crippen LogP contribution in [0.5, 0.6) is 5.75 Å². The lowest BCUT2D eigenvalue weighted by molar-refractivity contribution is -0.120. The fourth-order valence-electron chi connectivity index (χ4n) is 7.28. The summed E-state index contributed by atoms with van der Waals surface area (Å²) in [5, 5.41) is 6.41. The fraction of sp³-hybridized carbons (Fsp3) is 0.625. The van der Waals surface area contributed by atoms with Crippen LogP contribution in [-0.2, 0) is 14.3 Å². The normalized spacial score (nSPS) is 17.8. The molecule has 1 atom stereocenters. The first-order chi connectivity index (χ1) is 25.9. The molecule has 1 saturated heterocycles. The predicted octanol–water partition coefficient (Wildman–Crippen LogP) is 5.20. The third-order valence-corrected chi connectivity index (χ3v) is 10.1. The number of rotatable bonds is 17. The van der Waals surface area contributed by atoms with Crippen LogP contribution < -0.4 is 25.2 Å². The molecule has 0 radical (unpaired) electrons. The second-order valence-corrected chi connectivity index (χ2v) is 15.3. The van der Waals surface area contributed by atoms with E-state index in [9.17, 15) is 14.4 Å². The van der Waals surface area contributed by atoms with Crippen LogP contribution in [0, 0.1) is 12.3 Å². The van der Waals surface area contributed by atoms with Gasteiger partial charge in [0.05, 0.1) is 25.0 Å². The summed E-state index contributed by atoms with van der Waals surface area (Å²) in [6.45, 7) is 12.2. The Morgan fingerprint density at radius 2 is 1.85 bits per heavy atom. The predicted molar refractivity (Wildman–Crippen MR) is 210 cm³/mol. The minimum atomic E-state index is -0.558. The number of fused-ring (bicyclic) bond motifs is 1. The van der Waals surface area contributed by atoms with Gasteiger partial charge in [-0.25, -0.2) is 9.78 Å². The summed E-state index contributed by atoms with van der Waals surface area (Å²) in [6, 6.07) is 5.36. The molecule has 0 spiro atoms.